The molecular formula is C25H21NO5S. The number of sulfone groups is 1. The summed E-state index contributed by atoms with van der Waals surface area (Å²) in [6.07, 6.45) is 1.28. The van der Waals surface area contributed by atoms with E-state index in [4.69, 9.17) is 4.74 Å². The molecule has 6 nitrogen and oxygen atoms in total. The van der Waals surface area contributed by atoms with Crippen molar-refractivity contribution >= 4 is 26.7 Å². The van der Waals surface area contributed by atoms with Gasteiger partial charge in [-0.15, -0.1) is 0 Å². The lowest BCUT2D eigenvalue weighted by atomic mass is 9.99. The smallest absolute Gasteiger partial charge is 0.355 e. The van der Waals surface area contributed by atoms with Crippen molar-refractivity contribution in [1.29, 1.82) is 0 Å². The van der Waals surface area contributed by atoms with Crippen LogP contribution < -0.4 is 5.43 Å². The largest absolute Gasteiger partial charge is 0.464 e. The molecule has 3 aromatic carbocycles. The number of pyridine rings is 1. The standard InChI is InChI=1S/C25H21NO5S/c1-31-25(28)23-21(16-17-12-14-19(15-13-17)32(2,29)30)24(27)20-10-6-7-11-22(20)26(23)18-8-4-3-5-9-18/h3-15H,16H2,1-2H3. The van der Waals surface area contributed by atoms with Gasteiger partial charge in [-0.1, -0.05) is 42.5 Å². The first-order valence-electron chi connectivity index (χ1n) is 9.90. The van der Waals surface area contributed by atoms with E-state index in [9.17, 15) is 18.0 Å². The van der Waals surface area contributed by atoms with E-state index in [1.165, 1.54) is 19.2 Å². The van der Waals surface area contributed by atoms with Crippen LogP contribution in [0.15, 0.2) is 88.6 Å². The molecule has 0 fully saturated rings. The second kappa shape index (κ2) is 8.43. The number of rotatable bonds is 5. The highest BCUT2D eigenvalue weighted by Crippen LogP contribution is 2.24. The monoisotopic (exact) mass is 447 g/mol. The third kappa shape index (κ3) is 3.94. The van der Waals surface area contributed by atoms with Crippen molar-refractivity contribution in [2.45, 2.75) is 11.3 Å². The zero-order chi connectivity index (χ0) is 22.9. The minimum atomic E-state index is -3.34. The van der Waals surface area contributed by atoms with E-state index in [2.05, 4.69) is 0 Å². The molecule has 0 aliphatic heterocycles. The highest BCUT2D eigenvalue weighted by molar-refractivity contribution is 7.90. The maximum Gasteiger partial charge on any atom is 0.355 e. The fourth-order valence-electron chi connectivity index (χ4n) is 3.77. The zero-order valence-electron chi connectivity index (χ0n) is 17.6. The summed E-state index contributed by atoms with van der Waals surface area (Å²) in [7, 11) is -2.06. The van der Waals surface area contributed by atoms with Crippen LogP contribution >= 0.6 is 0 Å². The van der Waals surface area contributed by atoms with E-state index < -0.39 is 15.8 Å². The van der Waals surface area contributed by atoms with Crippen LogP contribution in [0.3, 0.4) is 0 Å². The molecule has 1 aromatic heterocycles. The first-order valence-corrected chi connectivity index (χ1v) is 11.8. The van der Waals surface area contributed by atoms with E-state index in [0.717, 1.165) is 11.9 Å². The number of methoxy groups -OCH3 is 1. The molecule has 7 heteroatoms. The Bertz CT molecular complexity index is 1470. The van der Waals surface area contributed by atoms with Crippen LogP contribution in [-0.2, 0) is 21.0 Å². The number of ether oxygens (including phenoxy) is 1. The van der Waals surface area contributed by atoms with Crippen molar-refractivity contribution in [2.24, 2.45) is 0 Å². The lowest BCUT2D eigenvalue weighted by molar-refractivity contribution is 0.0590. The van der Waals surface area contributed by atoms with Gasteiger partial charge in [0.1, 0.15) is 5.69 Å². The zero-order valence-corrected chi connectivity index (χ0v) is 18.4. The minimum absolute atomic E-state index is 0.144. The number of nitrogens with zero attached hydrogens (tertiary/aromatic N) is 1. The fourth-order valence-corrected chi connectivity index (χ4v) is 4.40. The summed E-state index contributed by atoms with van der Waals surface area (Å²) in [6, 6.07) is 22.7. The van der Waals surface area contributed by atoms with Gasteiger partial charge in [0, 0.05) is 29.3 Å². The van der Waals surface area contributed by atoms with E-state index in [-0.39, 0.29) is 28.0 Å². The summed E-state index contributed by atoms with van der Waals surface area (Å²) in [5.74, 6) is -0.625. The van der Waals surface area contributed by atoms with Gasteiger partial charge in [-0.25, -0.2) is 13.2 Å². The average Bonchev–Trinajstić information content (AvgIpc) is 2.80. The molecule has 0 atom stereocenters. The molecule has 0 saturated heterocycles. The number of para-hydroxylation sites is 2. The van der Waals surface area contributed by atoms with Crippen LogP contribution in [0.25, 0.3) is 16.6 Å². The Morgan fingerprint density at radius 3 is 2.16 bits per heavy atom. The predicted molar refractivity (Wildman–Crippen MR) is 123 cm³/mol. The van der Waals surface area contributed by atoms with Crippen LogP contribution in [0.5, 0.6) is 0 Å². The van der Waals surface area contributed by atoms with Gasteiger partial charge in [0.2, 0.25) is 0 Å². The molecule has 4 aromatic rings. The van der Waals surface area contributed by atoms with Gasteiger partial charge < -0.3 is 9.30 Å². The Labute approximate surface area is 185 Å². The Morgan fingerprint density at radius 1 is 0.906 bits per heavy atom. The molecule has 0 bridgehead atoms. The van der Waals surface area contributed by atoms with Crippen LogP contribution in [0, 0.1) is 0 Å². The van der Waals surface area contributed by atoms with E-state index >= 15 is 0 Å². The molecule has 0 radical (unpaired) electrons. The van der Waals surface area contributed by atoms with Crippen molar-refractivity contribution < 1.29 is 17.9 Å². The quantitative estimate of drug-likeness (QED) is 0.435. The Morgan fingerprint density at radius 2 is 1.53 bits per heavy atom. The molecule has 0 spiro atoms. The summed E-state index contributed by atoms with van der Waals surface area (Å²) < 4.78 is 30.4. The minimum Gasteiger partial charge on any atom is -0.464 e. The summed E-state index contributed by atoms with van der Waals surface area (Å²) >= 11 is 0. The molecule has 32 heavy (non-hydrogen) atoms. The van der Waals surface area contributed by atoms with Gasteiger partial charge in [-0.2, -0.15) is 0 Å². The van der Waals surface area contributed by atoms with Gasteiger partial charge in [0.25, 0.3) is 0 Å². The third-order valence-corrected chi connectivity index (χ3v) is 6.43. The highest BCUT2D eigenvalue weighted by Gasteiger charge is 2.24. The van der Waals surface area contributed by atoms with Crippen LogP contribution in [-0.4, -0.2) is 32.3 Å². The molecule has 4 rings (SSSR count). The summed E-state index contributed by atoms with van der Waals surface area (Å²) in [4.78, 5) is 26.6. The summed E-state index contributed by atoms with van der Waals surface area (Å²) in [5.41, 5.74) is 2.19. The maximum absolute atomic E-state index is 13.5. The van der Waals surface area contributed by atoms with Gasteiger partial charge in [-0.05, 0) is 42.0 Å². The third-order valence-electron chi connectivity index (χ3n) is 5.30. The molecule has 0 saturated carbocycles. The van der Waals surface area contributed by atoms with Crippen molar-refractivity contribution in [3.8, 4) is 5.69 Å². The molecule has 0 aliphatic carbocycles. The normalized spacial score (nSPS) is 11.4. The van der Waals surface area contributed by atoms with E-state index in [0.29, 0.717) is 16.5 Å². The van der Waals surface area contributed by atoms with Crippen LogP contribution in [0.4, 0.5) is 0 Å². The van der Waals surface area contributed by atoms with Crippen molar-refractivity contribution in [3.05, 3.63) is 106 Å². The number of benzene rings is 3. The van der Waals surface area contributed by atoms with E-state index in [1.54, 1.807) is 34.9 Å². The van der Waals surface area contributed by atoms with Gasteiger partial charge >= 0.3 is 5.97 Å². The number of aromatic nitrogens is 1. The molecular weight excluding hydrogens is 426 g/mol. The maximum atomic E-state index is 13.5. The Hall–Kier alpha value is -3.71. The SMILES string of the molecule is COC(=O)c1c(Cc2ccc(S(C)(=O)=O)cc2)c(=O)c2ccccc2n1-c1ccccc1. The number of esters is 1. The van der Waals surface area contributed by atoms with E-state index in [1.807, 2.05) is 36.4 Å². The number of hydrogen-bond acceptors (Lipinski definition) is 5. The van der Waals surface area contributed by atoms with Crippen molar-refractivity contribution in [1.82, 2.24) is 4.57 Å². The highest BCUT2D eigenvalue weighted by atomic mass is 32.2. The molecule has 1 heterocycles. The molecule has 0 aliphatic rings. The summed E-state index contributed by atoms with van der Waals surface area (Å²) in [6.45, 7) is 0. The fraction of sp³-hybridized carbons (Fsp3) is 0.120. The second-order valence-corrected chi connectivity index (χ2v) is 9.44. The number of carbonyl (C=O) groups excluding carboxylic acids is 1. The van der Waals surface area contributed by atoms with Crippen molar-refractivity contribution in [3.63, 3.8) is 0 Å². The van der Waals surface area contributed by atoms with Crippen LogP contribution in [0.2, 0.25) is 0 Å². The van der Waals surface area contributed by atoms with Crippen molar-refractivity contribution in [2.75, 3.05) is 13.4 Å². The lowest BCUT2D eigenvalue weighted by Crippen LogP contribution is -2.24. The van der Waals surface area contributed by atoms with Gasteiger partial charge in [0.05, 0.1) is 17.5 Å². The average molecular weight is 448 g/mol. The topological polar surface area (TPSA) is 82.4 Å². The Balaban J connectivity index is 2.01. The lowest BCUT2D eigenvalue weighted by Gasteiger charge is -2.19. The molecule has 0 amide bonds. The number of hydrogen-bond donors (Lipinski definition) is 0. The number of fused-ring (bicyclic) bond motifs is 1. The van der Waals surface area contributed by atoms with Gasteiger partial charge in [-0.3, -0.25) is 4.79 Å². The summed E-state index contributed by atoms with van der Waals surface area (Å²) in [5, 5.41) is 0.478. The first-order chi connectivity index (χ1) is 15.3. The van der Waals surface area contributed by atoms with Gasteiger partial charge in [0.15, 0.2) is 15.3 Å². The molecule has 162 valence electrons. The van der Waals surface area contributed by atoms with Crippen LogP contribution in [0.1, 0.15) is 21.6 Å². The molecule has 0 unspecified atom stereocenters. The first kappa shape index (κ1) is 21.5. The second-order valence-electron chi connectivity index (χ2n) is 7.43. The molecule has 0 N–H and O–H groups in total. The Kier molecular flexibility index (Phi) is 5.67. The number of carbonyl (C=O) groups is 1. The predicted octanol–water partition coefficient (Wildman–Crippen LogP) is 3.77.